The summed E-state index contributed by atoms with van der Waals surface area (Å²) in [7, 11) is 1.64. The zero-order valence-electron chi connectivity index (χ0n) is 20.3. The van der Waals surface area contributed by atoms with Crippen LogP contribution in [0.15, 0.2) is 36.4 Å². The summed E-state index contributed by atoms with van der Waals surface area (Å²) in [6.45, 7) is 9.42. The highest BCUT2D eigenvalue weighted by atomic mass is 16.5. The van der Waals surface area contributed by atoms with E-state index in [4.69, 9.17) is 18.9 Å². The molecule has 0 radical (unpaired) electrons. The first-order valence-corrected chi connectivity index (χ1v) is 12.2. The van der Waals surface area contributed by atoms with Gasteiger partial charge in [-0.3, -0.25) is 0 Å². The summed E-state index contributed by atoms with van der Waals surface area (Å²) in [6, 6.07) is 7.88. The molecule has 1 aromatic rings. The van der Waals surface area contributed by atoms with Gasteiger partial charge in [0.05, 0.1) is 19.3 Å². The van der Waals surface area contributed by atoms with E-state index in [1.807, 2.05) is 24.3 Å². The number of esters is 1. The van der Waals surface area contributed by atoms with Gasteiger partial charge in [-0.15, -0.1) is 0 Å². The average molecular weight is 447 g/mol. The van der Waals surface area contributed by atoms with E-state index in [1.165, 1.54) is 51.4 Å². The first kappa shape index (κ1) is 26.4. The molecule has 5 heteroatoms. The highest BCUT2D eigenvalue weighted by Crippen LogP contribution is 2.30. The van der Waals surface area contributed by atoms with Gasteiger partial charge in [0.15, 0.2) is 0 Å². The molecule has 5 nitrogen and oxygen atoms in total. The smallest absolute Gasteiger partial charge is 0.333 e. The molecule has 1 aliphatic rings. The molecule has 0 aliphatic heterocycles. The molecule has 0 aromatic heterocycles. The van der Waals surface area contributed by atoms with Crippen LogP contribution in [0, 0.1) is 5.92 Å². The van der Waals surface area contributed by atoms with Gasteiger partial charge in [-0.1, -0.05) is 51.3 Å². The molecular formula is C27H42O5. The van der Waals surface area contributed by atoms with Crippen LogP contribution in [0.5, 0.6) is 5.75 Å². The van der Waals surface area contributed by atoms with Gasteiger partial charge in [0.25, 0.3) is 0 Å². The Morgan fingerprint density at radius 2 is 1.78 bits per heavy atom. The van der Waals surface area contributed by atoms with Crippen molar-refractivity contribution in [1.29, 1.82) is 0 Å². The molecule has 0 heterocycles. The maximum atomic E-state index is 11.7. The van der Waals surface area contributed by atoms with Crippen LogP contribution in [-0.2, 0) is 19.0 Å². The Morgan fingerprint density at radius 3 is 2.41 bits per heavy atom. The minimum Gasteiger partial charge on any atom is -0.491 e. The van der Waals surface area contributed by atoms with Crippen molar-refractivity contribution in [1.82, 2.24) is 0 Å². The number of carbonyl (C=O) groups is 1. The van der Waals surface area contributed by atoms with Crippen LogP contribution in [0.25, 0.3) is 0 Å². The van der Waals surface area contributed by atoms with Crippen molar-refractivity contribution in [3.8, 4) is 5.75 Å². The predicted octanol–water partition coefficient (Wildman–Crippen LogP) is 6.07. The molecule has 0 saturated heterocycles. The number of carbonyl (C=O) groups excluding carboxylic acids is 1. The quantitative estimate of drug-likeness (QED) is 0.186. The van der Waals surface area contributed by atoms with E-state index in [2.05, 4.69) is 13.5 Å². The molecular weight excluding hydrogens is 404 g/mol. The maximum Gasteiger partial charge on any atom is 0.333 e. The number of ether oxygens (including phenoxy) is 4. The number of hydrogen-bond acceptors (Lipinski definition) is 5. The fraction of sp³-hybridized carbons (Fsp3) is 0.667. The summed E-state index contributed by atoms with van der Waals surface area (Å²) in [4.78, 5) is 11.7. The van der Waals surface area contributed by atoms with Gasteiger partial charge in [-0.05, 0) is 56.2 Å². The van der Waals surface area contributed by atoms with Crippen LogP contribution < -0.4 is 4.74 Å². The van der Waals surface area contributed by atoms with E-state index in [0.717, 1.165) is 17.2 Å². The van der Waals surface area contributed by atoms with Crippen molar-refractivity contribution in [2.45, 2.75) is 77.2 Å². The van der Waals surface area contributed by atoms with E-state index in [1.54, 1.807) is 14.0 Å². The molecule has 1 aromatic carbocycles. The summed E-state index contributed by atoms with van der Waals surface area (Å²) in [5.41, 5.74) is 1.44. The van der Waals surface area contributed by atoms with Crippen molar-refractivity contribution < 1.29 is 23.7 Å². The molecule has 1 atom stereocenters. The molecule has 0 bridgehead atoms. The van der Waals surface area contributed by atoms with E-state index in [0.29, 0.717) is 31.5 Å². The highest BCUT2D eigenvalue weighted by Gasteiger charge is 2.21. The fourth-order valence-corrected chi connectivity index (χ4v) is 4.22. The number of rotatable bonds is 15. The number of unbranched alkanes of at least 4 members (excludes halogenated alkanes) is 2. The van der Waals surface area contributed by atoms with E-state index < -0.39 is 0 Å². The second kappa shape index (κ2) is 15.1. The number of benzene rings is 1. The topological polar surface area (TPSA) is 54.0 Å². The van der Waals surface area contributed by atoms with E-state index >= 15 is 0 Å². The largest absolute Gasteiger partial charge is 0.491 e. The maximum absolute atomic E-state index is 11.7. The van der Waals surface area contributed by atoms with Gasteiger partial charge in [-0.25, -0.2) is 4.79 Å². The first-order chi connectivity index (χ1) is 15.5. The number of hydrogen-bond donors (Lipinski definition) is 0. The first-order valence-electron chi connectivity index (χ1n) is 12.2. The van der Waals surface area contributed by atoms with E-state index in [9.17, 15) is 4.79 Å². The Morgan fingerprint density at radius 1 is 1.06 bits per heavy atom. The molecule has 180 valence electrons. The lowest BCUT2D eigenvalue weighted by molar-refractivity contribution is -0.139. The van der Waals surface area contributed by atoms with Crippen LogP contribution in [0.4, 0.5) is 0 Å². The second-order valence-corrected chi connectivity index (χ2v) is 8.96. The van der Waals surface area contributed by atoms with Gasteiger partial charge in [0, 0.05) is 18.6 Å². The third-order valence-corrected chi connectivity index (χ3v) is 6.20. The molecule has 0 N–H and O–H groups in total. The summed E-state index contributed by atoms with van der Waals surface area (Å²) in [6.07, 6.45) is 10.8. The molecule has 1 fully saturated rings. The standard InChI is InChI=1S/C27H42O5/c1-5-6-7-8-22-9-13-25(14-10-22)30-17-18-31-26-15-11-23(12-16-26)24(19-29-4)20-32-27(28)21(2)3/h11-12,15-16,22,24-25H,2,5-10,13-14,17-20H2,1,3-4H3. The third kappa shape index (κ3) is 9.74. The molecule has 1 unspecified atom stereocenters. The third-order valence-electron chi connectivity index (χ3n) is 6.20. The van der Waals surface area contributed by atoms with Crippen molar-refractivity contribution in [3.63, 3.8) is 0 Å². The Hall–Kier alpha value is -1.85. The monoisotopic (exact) mass is 446 g/mol. The van der Waals surface area contributed by atoms with Crippen molar-refractivity contribution in [2.75, 3.05) is 33.5 Å². The normalized spacial score (nSPS) is 19.3. The van der Waals surface area contributed by atoms with Crippen LogP contribution in [0.3, 0.4) is 0 Å². The zero-order chi connectivity index (χ0) is 23.2. The molecule has 32 heavy (non-hydrogen) atoms. The minimum absolute atomic E-state index is 0.0298. The molecule has 0 spiro atoms. The SMILES string of the molecule is C=C(C)C(=O)OCC(COC)c1ccc(OCCOC2CCC(CCCCC)CC2)cc1. The lowest BCUT2D eigenvalue weighted by Crippen LogP contribution is -2.23. The molecule has 2 rings (SSSR count). The van der Waals surface area contributed by atoms with Crippen molar-refractivity contribution >= 4 is 5.97 Å². The van der Waals surface area contributed by atoms with Crippen LogP contribution in [0.2, 0.25) is 0 Å². The van der Waals surface area contributed by atoms with Crippen LogP contribution in [-0.4, -0.2) is 45.6 Å². The lowest BCUT2D eigenvalue weighted by Gasteiger charge is -2.28. The van der Waals surface area contributed by atoms with E-state index in [-0.39, 0.29) is 18.5 Å². The predicted molar refractivity (Wildman–Crippen MR) is 128 cm³/mol. The van der Waals surface area contributed by atoms with Gasteiger partial charge >= 0.3 is 5.97 Å². The van der Waals surface area contributed by atoms with Crippen molar-refractivity contribution in [3.05, 3.63) is 42.0 Å². The zero-order valence-corrected chi connectivity index (χ0v) is 20.3. The summed E-state index contributed by atoms with van der Waals surface area (Å²) in [5.74, 6) is 1.31. The Labute approximate surface area is 194 Å². The van der Waals surface area contributed by atoms with Gasteiger partial charge in [0.2, 0.25) is 0 Å². The molecule has 0 amide bonds. The minimum atomic E-state index is -0.379. The van der Waals surface area contributed by atoms with Gasteiger partial charge < -0.3 is 18.9 Å². The van der Waals surface area contributed by atoms with Crippen LogP contribution in [0.1, 0.15) is 76.7 Å². The number of methoxy groups -OCH3 is 1. The molecule has 1 saturated carbocycles. The fourth-order valence-electron chi connectivity index (χ4n) is 4.22. The highest BCUT2D eigenvalue weighted by molar-refractivity contribution is 5.86. The van der Waals surface area contributed by atoms with Crippen molar-refractivity contribution in [2.24, 2.45) is 5.92 Å². The molecule has 1 aliphatic carbocycles. The van der Waals surface area contributed by atoms with Gasteiger partial charge in [-0.2, -0.15) is 0 Å². The summed E-state index contributed by atoms with van der Waals surface area (Å²) in [5, 5.41) is 0. The Bertz CT molecular complexity index is 661. The van der Waals surface area contributed by atoms with Gasteiger partial charge in [0.1, 0.15) is 19.0 Å². The average Bonchev–Trinajstić information content (AvgIpc) is 2.81. The Kier molecular flexibility index (Phi) is 12.4. The van der Waals surface area contributed by atoms with Crippen LogP contribution >= 0.6 is 0 Å². The second-order valence-electron chi connectivity index (χ2n) is 8.96. The lowest BCUT2D eigenvalue weighted by atomic mass is 9.84. The summed E-state index contributed by atoms with van der Waals surface area (Å²) >= 11 is 0. The summed E-state index contributed by atoms with van der Waals surface area (Å²) < 4.78 is 22.5. The Balaban J connectivity index is 1.67.